The van der Waals surface area contributed by atoms with Crippen LogP contribution in [-0.4, -0.2) is 12.3 Å². The fraction of sp³-hybridized carbons (Fsp3) is 0.385. The Labute approximate surface area is 492 Å². The maximum absolute atomic E-state index is 3.00. The van der Waals surface area contributed by atoms with Crippen LogP contribution in [0.25, 0.3) is 22.3 Å². The Hall–Kier alpha value is -6.78. The van der Waals surface area contributed by atoms with Gasteiger partial charge in [-0.15, -0.1) is 0 Å². The van der Waals surface area contributed by atoms with Gasteiger partial charge in [0, 0.05) is 50.5 Å². The fourth-order valence-electron chi connectivity index (χ4n) is 16.5. The van der Waals surface area contributed by atoms with Gasteiger partial charge in [0.05, 0.1) is 16.9 Å². The Bertz CT molecular complexity index is 3940. The average Bonchev–Trinajstić information content (AvgIpc) is 1.38. The summed E-state index contributed by atoms with van der Waals surface area (Å²) in [5, 5.41) is 0. The molecule has 4 heterocycles. The number of nitrogens with zero attached hydrogens (tertiary/aromatic N) is 3. The fourth-order valence-corrected chi connectivity index (χ4v) is 16.5. The molecule has 0 saturated heterocycles. The van der Waals surface area contributed by atoms with E-state index in [-0.39, 0.29) is 44.7 Å². The monoisotopic (exact) mass is 1080 g/mol. The zero-order valence-corrected chi connectivity index (χ0v) is 52.6. The molecule has 0 bridgehead atoms. The number of fused-ring (bicyclic) bond motifs is 8. The largest absolute Gasteiger partial charge is 0.335 e. The van der Waals surface area contributed by atoms with Crippen molar-refractivity contribution in [3.05, 3.63) is 196 Å². The molecule has 4 aliphatic heterocycles. The molecule has 4 heteroatoms. The normalized spacial score (nSPS) is 20.9. The van der Waals surface area contributed by atoms with Crippen LogP contribution >= 0.6 is 0 Å². The van der Waals surface area contributed by atoms with Gasteiger partial charge in [-0.3, -0.25) is 0 Å². The summed E-state index contributed by atoms with van der Waals surface area (Å²) in [6.07, 6.45) is 4.75. The van der Waals surface area contributed by atoms with E-state index < -0.39 is 5.41 Å². The van der Waals surface area contributed by atoms with Gasteiger partial charge in [0.1, 0.15) is 0 Å². The number of hydrogen-bond acceptors (Lipinski definition) is 3. The Morgan fingerprint density at radius 2 is 0.951 bits per heavy atom. The summed E-state index contributed by atoms with van der Waals surface area (Å²) in [7, 11) is 0. The van der Waals surface area contributed by atoms with Crippen LogP contribution in [0.5, 0.6) is 0 Å². The number of hydrogen-bond donors (Lipinski definition) is 0. The molecule has 3 atom stereocenters. The number of anilines is 8. The minimum Gasteiger partial charge on any atom is -0.335 e. The molecule has 1 fully saturated rings. The molecule has 0 aromatic heterocycles. The minimum absolute atomic E-state index is 0.00242. The first kappa shape index (κ1) is 53.2. The quantitative estimate of drug-likeness (QED) is 0.159. The molecule has 82 heavy (non-hydrogen) atoms. The molecule has 0 spiro atoms. The molecule has 14 rings (SSSR count). The van der Waals surface area contributed by atoms with E-state index in [1.807, 2.05) is 0 Å². The summed E-state index contributed by atoms with van der Waals surface area (Å²) in [5.74, 6) is 0. The maximum atomic E-state index is 3.00. The SMILES string of the molecule is CC(C)(C)c1ccc(N(c2ccc(C(C)(C)C)cc2)c2cc3c4c(c2)N2c5c(cc(C(C)(C)C)c6c5B4c4c(ccc5c4C6(C)c4ccc(C(C)(C)C)cc4-5)N3c3ccc(C(C)(C)C)cc3-c3ccccc3)C3(C)CCCCC23C)cc1. The molecule has 3 nitrogen and oxygen atoms in total. The van der Waals surface area contributed by atoms with E-state index in [2.05, 4.69) is 285 Å². The van der Waals surface area contributed by atoms with Crippen molar-refractivity contribution in [3.8, 4) is 22.3 Å². The van der Waals surface area contributed by atoms with Crippen molar-refractivity contribution < 1.29 is 0 Å². The van der Waals surface area contributed by atoms with Crippen molar-refractivity contribution in [2.75, 3.05) is 14.7 Å². The highest BCUT2D eigenvalue weighted by Crippen LogP contribution is 2.67. The van der Waals surface area contributed by atoms with Gasteiger partial charge < -0.3 is 14.7 Å². The molecule has 416 valence electrons. The zero-order valence-electron chi connectivity index (χ0n) is 52.6. The lowest BCUT2D eigenvalue weighted by Gasteiger charge is -2.55. The van der Waals surface area contributed by atoms with Crippen molar-refractivity contribution in [1.29, 1.82) is 0 Å². The molecule has 3 unspecified atom stereocenters. The average molecular weight is 1080 g/mol. The van der Waals surface area contributed by atoms with Crippen LogP contribution in [0.4, 0.5) is 45.5 Å². The molecule has 6 aliphatic rings. The summed E-state index contributed by atoms with van der Waals surface area (Å²) >= 11 is 0. The first-order valence-corrected chi connectivity index (χ1v) is 31.0. The summed E-state index contributed by atoms with van der Waals surface area (Å²) in [4.78, 5) is 8.34. The minimum atomic E-state index is -0.411. The number of rotatable bonds is 5. The lowest BCUT2D eigenvalue weighted by molar-refractivity contribution is 0.195. The van der Waals surface area contributed by atoms with Gasteiger partial charge in [0.15, 0.2) is 0 Å². The van der Waals surface area contributed by atoms with Crippen molar-refractivity contribution in [2.24, 2.45) is 0 Å². The van der Waals surface area contributed by atoms with Crippen LogP contribution in [0.3, 0.4) is 0 Å². The lowest BCUT2D eigenvalue weighted by Crippen LogP contribution is -2.69. The van der Waals surface area contributed by atoms with Crippen molar-refractivity contribution in [2.45, 2.75) is 194 Å². The Kier molecular flexibility index (Phi) is 11.0. The predicted molar refractivity (Wildman–Crippen MR) is 353 cm³/mol. The van der Waals surface area contributed by atoms with Gasteiger partial charge in [0.2, 0.25) is 0 Å². The predicted octanol–water partition coefficient (Wildman–Crippen LogP) is 19.3. The van der Waals surface area contributed by atoms with E-state index in [0.717, 1.165) is 17.8 Å². The van der Waals surface area contributed by atoms with Gasteiger partial charge in [0.25, 0.3) is 6.71 Å². The summed E-state index contributed by atoms with van der Waals surface area (Å²) in [6, 6.07) is 58.5. The zero-order chi connectivity index (χ0) is 58.0. The first-order chi connectivity index (χ1) is 38.5. The molecule has 0 N–H and O–H groups in total. The Morgan fingerprint density at radius 3 is 1.54 bits per heavy atom. The third-order valence-corrected chi connectivity index (χ3v) is 21.3. The highest BCUT2D eigenvalue weighted by Gasteiger charge is 2.65. The van der Waals surface area contributed by atoms with Crippen LogP contribution in [0.15, 0.2) is 146 Å². The van der Waals surface area contributed by atoms with Gasteiger partial charge in [-0.2, -0.15) is 0 Å². The topological polar surface area (TPSA) is 9.72 Å². The smallest absolute Gasteiger partial charge is 0.253 e. The molecule has 2 aliphatic carbocycles. The maximum Gasteiger partial charge on any atom is 0.253 e. The Balaban J connectivity index is 1.17. The molecule has 0 radical (unpaired) electrons. The molecule has 8 aromatic rings. The Morgan fingerprint density at radius 1 is 0.415 bits per heavy atom. The molecule has 0 amide bonds. The highest BCUT2D eigenvalue weighted by molar-refractivity contribution is 7.01. The highest BCUT2D eigenvalue weighted by atomic mass is 15.3. The van der Waals surface area contributed by atoms with E-state index in [1.165, 1.54) is 126 Å². The van der Waals surface area contributed by atoms with Gasteiger partial charge in [-0.1, -0.05) is 215 Å². The third kappa shape index (κ3) is 7.21. The van der Waals surface area contributed by atoms with Crippen molar-refractivity contribution in [1.82, 2.24) is 0 Å². The van der Waals surface area contributed by atoms with Crippen LogP contribution < -0.4 is 31.1 Å². The van der Waals surface area contributed by atoms with Crippen LogP contribution in [0, 0.1) is 0 Å². The molecule has 8 aromatic carbocycles. The van der Waals surface area contributed by atoms with E-state index >= 15 is 0 Å². The third-order valence-electron chi connectivity index (χ3n) is 21.3. The van der Waals surface area contributed by atoms with Gasteiger partial charge >= 0.3 is 0 Å². The van der Waals surface area contributed by atoms with Crippen LogP contribution in [-0.2, 0) is 37.9 Å². The standard InChI is InChI=1S/C78H86BN3/c1-71(2,3)48-26-32-52(33-27-48)80(53-34-28-49(29-35-53)72(4,5)6)54-44-63-67-64(45-54)82-70-60(76(16)40-22-23-41-77(76,82)17)46-59(75(13,14)15)66-69(70)79(67)68-62(39-36-55-57-43-50(73(7,8)9)30-37-58(57)78(66,18)65(55)68)81(63)61-38-31-51(74(10,11)12)42-56(61)47-24-20-19-21-25-47/h19-21,24-39,42-46H,22-23,40-41H2,1-18H3. The van der Waals surface area contributed by atoms with E-state index in [9.17, 15) is 0 Å². The van der Waals surface area contributed by atoms with Gasteiger partial charge in [-0.05, 0) is 192 Å². The molecule has 1 saturated carbocycles. The van der Waals surface area contributed by atoms with E-state index in [4.69, 9.17) is 0 Å². The van der Waals surface area contributed by atoms with E-state index in [1.54, 1.807) is 16.6 Å². The van der Waals surface area contributed by atoms with Crippen LogP contribution in [0.1, 0.15) is 200 Å². The second-order valence-corrected chi connectivity index (χ2v) is 31.5. The lowest BCUT2D eigenvalue weighted by atomic mass is 9.28. The summed E-state index contributed by atoms with van der Waals surface area (Å²) in [6.45, 7) is 43.7. The van der Waals surface area contributed by atoms with Crippen LogP contribution in [0.2, 0.25) is 0 Å². The second-order valence-electron chi connectivity index (χ2n) is 31.5. The summed E-state index contributed by atoms with van der Waals surface area (Å²) in [5.41, 5.74) is 32.1. The molecular formula is C78H86BN3. The second kappa shape index (κ2) is 17.0. The van der Waals surface area contributed by atoms with Gasteiger partial charge in [-0.25, -0.2) is 0 Å². The van der Waals surface area contributed by atoms with E-state index in [0.29, 0.717) is 0 Å². The van der Waals surface area contributed by atoms with Crippen molar-refractivity contribution >= 4 is 68.6 Å². The number of benzene rings is 8. The summed E-state index contributed by atoms with van der Waals surface area (Å²) < 4.78 is 0. The molecular weight excluding hydrogens is 990 g/mol. The van der Waals surface area contributed by atoms with Crippen molar-refractivity contribution in [3.63, 3.8) is 0 Å². The first-order valence-electron chi connectivity index (χ1n) is 31.0.